The molecule has 0 spiro atoms. The van der Waals surface area contributed by atoms with Crippen LogP contribution in [0.2, 0.25) is 0 Å². The molecule has 0 N–H and O–H groups in total. The van der Waals surface area contributed by atoms with Gasteiger partial charge in [0.15, 0.2) is 0 Å². The van der Waals surface area contributed by atoms with Gasteiger partial charge in [0.1, 0.15) is 4.70 Å². The van der Waals surface area contributed by atoms with E-state index in [1.54, 1.807) is 4.40 Å². The number of hydrogen-bond acceptors (Lipinski definition) is 5. The van der Waals surface area contributed by atoms with Crippen molar-refractivity contribution in [2.75, 3.05) is 32.7 Å². The van der Waals surface area contributed by atoms with Crippen molar-refractivity contribution in [2.24, 2.45) is 11.8 Å². The van der Waals surface area contributed by atoms with Crippen molar-refractivity contribution in [3.63, 3.8) is 0 Å². The summed E-state index contributed by atoms with van der Waals surface area (Å²) in [7, 11) is 0. The first-order valence-corrected chi connectivity index (χ1v) is 19.2. The Balaban J connectivity index is 1.42. The lowest BCUT2D eigenvalue weighted by molar-refractivity contribution is 0.0741. The predicted octanol–water partition coefficient (Wildman–Crippen LogP) is 8.84. The Morgan fingerprint density at radius 3 is 2.27 bits per heavy atom. The highest BCUT2D eigenvalue weighted by atomic mass is 32.1. The Morgan fingerprint density at radius 1 is 0.918 bits per heavy atom. The van der Waals surface area contributed by atoms with E-state index in [2.05, 4.69) is 82.2 Å². The van der Waals surface area contributed by atoms with E-state index < -0.39 is 0 Å². The summed E-state index contributed by atoms with van der Waals surface area (Å²) >= 11 is 1.46. The summed E-state index contributed by atoms with van der Waals surface area (Å²) in [4.78, 5) is 39.0. The molecule has 2 aromatic carbocycles. The van der Waals surface area contributed by atoms with Crippen molar-refractivity contribution < 1.29 is 4.79 Å². The van der Waals surface area contributed by atoms with E-state index in [4.69, 9.17) is 4.98 Å². The molecule has 0 saturated carbocycles. The minimum Gasteiger partial charge on any atom is -0.339 e. The summed E-state index contributed by atoms with van der Waals surface area (Å²) < 4.78 is 4.57. The van der Waals surface area contributed by atoms with Crippen LogP contribution in [0.1, 0.15) is 103 Å². The van der Waals surface area contributed by atoms with Crippen LogP contribution in [0.15, 0.2) is 41.2 Å². The van der Waals surface area contributed by atoms with Crippen LogP contribution >= 0.6 is 11.3 Å². The maximum Gasteiger partial charge on any atom is 0.277 e. The average Bonchev–Trinajstić information content (AvgIpc) is 3.64. The Labute approximate surface area is 295 Å². The lowest BCUT2D eigenvalue weighted by Gasteiger charge is -2.26. The largest absolute Gasteiger partial charge is 0.339 e. The number of fused-ring (bicyclic) bond motifs is 4. The van der Waals surface area contributed by atoms with Crippen LogP contribution in [0, 0.1) is 24.0 Å². The molecule has 49 heavy (non-hydrogen) atoms. The first kappa shape index (κ1) is 35.2. The molecule has 0 radical (unpaired) electrons. The number of aryl methyl sites for hydroxylation is 1. The van der Waals surface area contributed by atoms with E-state index in [9.17, 15) is 9.59 Å². The summed E-state index contributed by atoms with van der Waals surface area (Å²) in [5.74, 6) is 1.73. The maximum atomic E-state index is 14.3. The van der Waals surface area contributed by atoms with Gasteiger partial charge in [-0.1, -0.05) is 67.0 Å². The van der Waals surface area contributed by atoms with Gasteiger partial charge >= 0.3 is 0 Å². The van der Waals surface area contributed by atoms with E-state index >= 15 is 0 Å². The molecule has 4 heterocycles. The number of carbonyl (C=O) groups is 1. The van der Waals surface area contributed by atoms with Crippen molar-refractivity contribution in [2.45, 2.75) is 99.0 Å². The molecular weight excluding hydrogens is 627 g/mol. The molecule has 0 aliphatic carbocycles. The van der Waals surface area contributed by atoms with Crippen molar-refractivity contribution in [1.82, 2.24) is 23.8 Å². The molecular formula is C41H53N5O2S. The van der Waals surface area contributed by atoms with Crippen LogP contribution in [-0.2, 0) is 12.0 Å². The molecule has 6 rings (SSSR count). The lowest BCUT2D eigenvalue weighted by Crippen LogP contribution is -2.34. The molecule has 1 aliphatic heterocycles. The average molecular weight is 680 g/mol. The Kier molecular flexibility index (Phi) is 10.5. The molecule has 0 bridgehead atoms. The number of likely N-dealkylation sites (tertiary alicyclic amines) is 1. The topological polar surface area (TPSA) is 62.9 Å². The van der Waals surface area contributed by atoms with Gasteiger partial charge in [0.25, 0.3) is 11.5 Å². The smallest absolute Gasteiger partial charge is 0.277 e. The van der Waals surface area contributed by atoms with Crippen molar-refractivity contribution >= 4 is 44.3 Å². The summed E-state index contributed by atoms with van der Waals surface area (Å²) in [6.45, 7) is 20.8. The van der Waals surface area contributed by atoms with Crippen LogP contribution in [0.4, 0.5) is 0 Å². The van der Waals surface area contributed by atoms with E-state index in [-0.39, 0.29) is 16.9 Å². The van der Waals surface area contributed by atoms with Gasteiger partial charge in [-0.05, 0) is 105 Å². The summed E-state index contributed by atoms with van der Waals surface area (Å²) in [6, 6.07) is 18.7. The second-order valence-corrected chi connectivity index (χ2v) is 16.9. The molecule has 260 valence electrons. The number of nitrogens with zero attached hydrogens (tertiary/aromatic N) is 5. The van der Waals surface area contributed by atoms with Gasteiger partial charge in [-0.25, -0.2) is 9.38 Å². The zero-order valence-electron chi connectivity index (χ0n) is 30.6. The van der Waals surface area contributed by atoms with E-state index in [1.807, 2.05) is 29.2 Å². The fourth-order valence-corrected chi connectivity index (χ4v) is 7.82. The number of amides is 1. The third-order valence-corrected chi connectivity index (χ3v) is 11.0. The highest BCUT2D eigenvalue weighted by Crippen LogP contribution is 2.33. The second kappa shape index (κ2) is 14.7. The number of imidazole rings is 1. The van der Waals surface area contributed by atoms with Gasteiger partial charge < -0.3 is 14.4 Å². The summed E-state index contributed by atoms with van der Waals surface area (Å²) in [5.41, 5.74) is 5.00. The van der Waals surface area contributed by atoms with Crippen LogP contribution < -0.4 is 5.56 Å². The highest BCUT2D eigenvalue weighted by Gasteiger charge is 2.23. The zero-order chi connectivity index (χ0) is 34.9. The van der Waals surface area contributed by atoms with E-state index in [1.165, 1.54) is 30.6 Å². The Bertz CT molecular complexity index is 1960. The standard InChI is InChI=1S/C41H53N5O2S/c1-28(2)18-24-44(25-19-29(3)4)38(47)31-14-17-34-35(26-31)45(23-11-22-43-20-9-8-10-21-43)40-42-33-27-36(49-37(33)39(48)46(34)40)30-12-15-32(16-13-30)41(5,6)7/h12,14-15,17,26-29H,8-11,18-25H2,1-7H3. The second-order valence-electron chi connectivity index (χ2n) is 15.8. The third kappa shape index (κ3) is 7.74. The highest BCUT2D eigenvalue weighted by molar-refractivity contribution is 7.22. The van der Waals surface area contributed by atoms with Crippen LogP contribution in [-0.4, -0.2) is 62.4 Å². The summed E-state index contributed by atoms with van der Waals surface area (Å²) in [6.07, 6.45) is 6.71. The van der Waals surface area contributed by atoms with Gasteiger partial charge in [0, 0.05) is 41.2 Å². The molecule has 1 aliphatic rings. The van der Waals surface area contributed by atoms with Gasteiger partial charge in [-0.15, -0.1) is 11.3 Å². The van der Waals surface area contributed by atoms with Crippen molar-refractivity contribution in [1.29, 1.82) is 0 Å². The summed E-state index contributed by atoms with van der Waals surface area (Å²) in [5, 5.41) is 0. The maximum absolute atomic E-state index is 14.3. The first-order chi connectivity index (χ1) is 23.4. The van der Waals surface area contributed by atoms with Gasteiger partial charge in [0.2, 0.25) is 5.78 Å². The number of carbonyl (C=O) groups excluding carboxylic acids is 1. The molecule has 0 atom stereocenters. The number of rotatable bonds is 12. The minimum atomic E-state index is -0.0686. The van der Waals surface area contributed by atoms with Crippen molar-refractivity contribution in [3.05, 3.63) is 70.0 Å². The fourth-order valence-electron chi connectivity index (χ4n) is 6.82. The predicted molar refractivity (Wildman–Crippen MR) is 204 cm³/mol. The van der Waals surface area contributed by atoms with Crippen LogP contribution in [0.3, 0.4) is 0 Å². The quantitative estimate of drug-likeness (QED) is 0.132. The zero-order valence-corrected chi connectivity index (χ0v) is 31.4. The number of benzene rings is 1. The SMILES string of the molecule is CC(C)CCN(CCC(C)C)C(=O)c1ccc2c(c1)n(CCCN1CCCCC1)c1nc3cc(-c4c#cc(C(C)(C)C)cc4)sc3c(=O)n21. The third-order valence-electron chi connectivity index (χ3n) is 9.89. The number of thiophene rings is 1. The molecule has 1 saturated heterocycles. The molecule has 1 fully saturated rings. The normalized spacial score (nSPS) is 14.5. The molecule has 1 amide bonds. The lowest BCUT2D eigenvalue weighted by atomic mass is 9.88. The van der Waals surface area contributed by atoms with E-state index in [0.29, 0.717) is 33.4 Å². The van der Waals surface area contributed by atoms with E-state index in [0.717, 1.165) is 85.6 Å². The Morgan fingerprint density at radius 2 is 1.63 bits per heavy atom. The van der Waals surface area contributed by atoms with Gasteiger partial charge in [0.05, 0.1) is 16.6 Å². The van der Waals surface area contributed by atoms with Gasteiger partial charge in [-0.3, -0.25) is 9.59 Å². The number of aromatic nitrogens is 3. The molecule has 3 aromatic heterocycles. The molecule has 5 aromatic rings. The number of hydrogen-bond donors (Lipinski definition) is 0. The Hall–Kier alpha value is -3.67. The molecule has 0 unspecified atom stereocenters. The monoisotopic (exact) mass is 679 g/mol. The van der Waals surface area contributed by atoms with Gasteiger partial charge in [-0.2, -0.15) is 0 Å². The molecule has 8 heteroatoms. The van der Waals surface area contributed by atoms with Crippen LogP contribution in [0.5, 0.6) is 0 Å². The van der Waals surface area contributed by atoms with Crippen LogP contribution in [0.25, 0.3) is 37.5 Å². The fraction of sp³-hybridized carbons (Fsp3) is 0.537. The number of piperidine rings is 1. The first-order valence-electron chi connectivity index (χ1n) is 18.4. The van der Waals surface area contributed by atoms with Crippen molar-refractivity contribution in [3.8, 4) is 10.4 Å². The minimum absolute atomic E-state index is 0.00778. The molecule has 7 nitrogen and oxygen atoms in total.